The second-order valence-electron chi connectivity index (χ2n) is 5.05. The summed E-state index contributed by atoms with van der Waals surface area (Å²) in [6.45, 7) is 4.51. The molecule has 106 valence electrons. The van der Waals surface area contributed by atoms with Gasteiger partial charge in [-0.05, 0) is 26.3 Å². The Kier molecular flexibility index (Phi) is 4.53. The molecule has 1 unspecified atom stereocenters. The van der Waals surface area contributed by atoms with Gasteiger partial charge in [0.05, 0.1) is 5.69 Å². The van der Waals surface area contributed by atoms with Crippen molar-refractivity contribution in [2.75, 3.05) is 6.54 Å². The van der Waals surface area contributed by atoms with Gasteiger partial charge in [0.25, 0.3) is 5.91 Å². The van der Waals surface area contributed by atoms with Crippen molar-refractivity contribution < 1.29 is 4.79 Å². The quantitative estimate of drug-likeness (QED) is 0.776. The summed E-state index contributed by atoms with van der Waals surface area (Å²) in [6.07, 6.45) is 0.755. The minimum absolute atomic E-state index is 0.0835. The monoisotopic (exact) mass is 272 g/mol. The van der Waals surface area contributed by atoms with Crippen LogP contribution in [-0.2, 0) is 0 Å². The van der Waals surface area contributed by atoms with Gasteiger partial charge in [-0.25, -0.2) is 0 Å². The smallest absolute Gasteiger partial charge is 0.269 e. The number of nitrogens with two attached hydrogens (primary N) is 1. The number of carbonyl (C=O) groups excluding carboxylic acids is 1. The average Bonchev–Trinajstić information content (AvgIpc) is 2.88. The van der Waals surface area contributed by atoms with Crippen LogP contribution >= 0.6 is 0 Å². The van der Waals surface area contributed by atoms with Gasteiger partial charge in [-0.15, -0.1) is 0 Å². The zero-order chi connectivity index (χ0) is 14.5. The number of aromatic nitrogens is 2. The second-order valence-corrected chi connectivity index (χ2v) is 5.05. The Hall–Kier alpha value is -2.14. The summed E-state index contributed by atoms with van der Waals surface area (Å²) in [6, 6.07) is 9.86. The molecule has 0 spiro atoms. The first-order valence-electron chi connectivity index (χ1n) is 6.72. The van der Waals surface area contributed by atoms with E-state index in [1.807, 2.05) is 38.1 Å². The predicted octanol–water partition coefficient (Wildman–Crippen LogP) is 1.85. The molecule has 0 aliphatic carbocycles. The molecule has 20 heavy (non-hydrogen) atoms. The molecule has 0 fully saturated rings. The number of hydrogen-bond acceptors (Lipinski definition) is 3. The van der Waals surface area contributed by atoms with Gasteiger partial charge in [0.15, 0.2) is 0 Å². The van der Waals surface area contributed by atoms with E-state index in [9.17, 15) is 4.79 Å². The molecule has 0 aliphatic heterocycles. The van der Waals surface area contributed by atoms with Crippen LogP contribution in [0.4, 0.5) is 0 Å². The molecule has 1 aromatic heterocycles. The maximum absolute atomic E-state index is 11.9. The number of amides is 1. The molecule has 0 saturated carbocycles. The van der Waals surface area contributed by atoms with Crippen LogP contribution in [0.3, 0.4) is 0 Å². The van der Waals surface area contributed by atoms with E-state index in [1.54, 1.807) is 6.07 Å². The minimum atomic E-state index is -0.156. The Balaban J connectivity index is 2.01. The van der Waals surface area contributed by atoms with E-state index in [4.69, 9.17) is 5.73 Å². The maximum atomic E-state index is 11.9. The van der Waals surface area contributed by atoms with Gasteiger partial charge < -0.3 is 11.1 Å². The fourth-order valence-corrected chi connectivity index (χ4v) is 1.82. The van der Waals surface area contributed by atoms with E-state index in [0.717, 1.165) is 17.7 Å². The molecule has 1 aromatic carbocycles. The molecule has 1 amide bonds. The standard InChI is InChI=1S/C15H20N4O/c1-10-3-5-12(6-4-10)13-9-14(19-18-13)15(20)17-8-7-11(2)16/h3-6,9,11H,7-8,16H2,1-2H3,(H,17,20)(H,18,19). The number of rotatable bonds is 5. The lowest BCUT2D eigenvalue weighted by Crippen LogP contribution is -2.29. The van der Waals surface area contributed by atoms with E-state index < -0.39 is 0 Å². The molecule has 1 heterocycles. The van der Waals surface area contributed by atoms with Gasteiger partial charge in [0.1, 0.15) is 5.69 Å². The molecule has 0 aliphatic rings. The largest absolute Gasteiger partial charge is 0.351 e. The Bertz CT molecular complexity index is 572. The van der Waals surface area contributed by atoms with Gasteiger partial charge >= 0.3 is 0 Å². The molecule has 5 nitrogen and oxygen atoms in total. The number of nitrogens with one attached hydrogen (secondary N) is 2. The summed E-state index contributed by atoms with van der Waals surface area (Å²) < 4.78 is 0. The molecular formula is C15H20N4O. The Morgan fingerprint density at radius 1 is 1.40 bits per heavy atom. The van der Waals surface area contributed by atoms with Crippen molar-refractivity contribution in [3.63, 3.8) is 0 Å². The van der Waals surface area contributed by atoms with Crippen molar-refractivity contribution in [3.05, 3.63) is 41.6 Å². The zero-order valence-corrected chi connectivity index (χ0v) is 11.8. The molecule has 0 saturated heterocycles. The SMILES string of the molecule is Cc1ccc(-c2cc(C(=O)NCCC(C)N)[nH]n2)cc1. The Morgan fingerprint density at radius 2 is 2.10 bits per heavy atom. The van der Waals surface area contributed by atoms with E-state index in [-0.39, 0.29) is 11.9 Å². The maximum Gasteiger partial charge on any atom is 0.269 e. The molecule has 0 radical (unpaired) electrons. The Labute approximate surface area is 118 Å². The molecular weight excluding hydrogens is 252 g/mol. The summed E-state index contributed by atoms with van der Waals surface area (Å²) in [5.41, 5.74) is 9.05. The van der Waals surface area contributed by atoms with E-state index in [1.165, 1.54) is 5.56 Å². The van der Waals surface area contributed by atoms with Crippen LogP contribution in [0.2, 0.25) is 0 Å². The lowest BCUT2D eigenvalue weighted by atomic mass is 10.1. The highest BCUT2D eigenvalue weighted by Gasteiger charge is 2.10. The highest BCUT2D eigenvalue weighted by atomic mass is 16.1. The van der Waals surface area contributed by atoms with Gasteiger partial charge in [0, 0.05) is 18.2 Å². The number of aryl methyl sites for hydroxylation is 1. The summed E-state index contributed by atoms with van der Waals surface area (Å²) in [7, 11) is 0. The number of carbonyl (C=O) groups is 1. The number of hydrogen-bond donors (Lipinski definition) is 3. The average molecular weight is 272 g/mol. The first kappa shape index (κ1) is 14.3. The number of aromatic amines is 1. The first-order chi connectivity index (χ1) is 9.56. The molecule has 2 rings (SSSR count). The van der Waals surface area contributed by atoms with Crippen molar-refractivity contribution in [2.45, 2.75) is 26.3 Å². The topological polar surface area (TPSA) is 83.8 Å². The lowest BCUT2D eigenvalue weighted by Gasteiger charge is -2.05. The number of benzene rings is 1. The normalized spacial score (nSPS) is 12.2. The lowest BCUT2D eigenvalue weighted by molar-refractivity contribution is 0.0948. The van der Waals surface area contributed by atoms with Crippen molar-refractivity contribution in [2.24, 2.45) is 5.73 Å². The van der Waals surface area contributed by atoms with Crippen LogP contribution in [0.5, 0.6) is 0 Å². The highest BCUT2D eigenvalue weighted by Crippen LogP contribution is 2.18. The summed E-state index contributed by atoms with van der Waals surface area (Å²) in [4.78, 5) is 11.9. The third kappa shape index (κ3) is 3.68. The van der Waals surface area contributed by atoms with Crippen molar-refractivity contribution in [3.8, 4) is 11.3 Å². The van der Waals surface area contributed by atoms with Gasteiger partial charge in [-0.3, -0.25) is 9.89 Å². The summed E-state index contributed by atoms with van der Waals surface area (Å²) in [5.74, 6) is -0.156. The second kappa shape index (κ2) is 6.34. The van der Waals surface area contributed by atoms with E-state index >= 15 is 0 Å². The minimum Gasteiger partial charge on any atom is -0.351 e. The van der Waals surface area contributed by atoms with Crippen LogP contribution in [0.15, 0.2) is 30.3 Å². The van der Waals surface area contributed by atoms with E-state index in [2.05, 4.69) is 15.5 Å². The fraction of sp³-hybridized carbons (Fsp3) is 0.333. The number of H-pyrrole nitrogens is 1. The van der Waals surface area contributed by atoms with Crippen LogP contribution in [0.25, 0.3) is 11.3 Å². The predicted molar refractivity (Wildman–Crippen MR) is 79.4 cm³/mol. The van der Waals surface area contributed by atoms with Gasteiger partial charge in [0.2, 0.25) is 0 Å². The third-order valence-corrected chi connectivity index (χ3v) is 3.06. The van der Waals surface area contributed by atoms with Gasteiger partial charge in [-0.1, -0.05) is 29.8 Å². The number of nitrogens with zero attached hydrogens (tertiary/aromatic N) is 1. The summed E-state index contributed by atoms with van der Waals surface area (Å²) >= 11 is 0. The van der Waals surface area contributed by atoms with Crippen molar-refractivity contribution in [1.82, 2.24) is 15.5 Å². The molecule has 5 heteroatoms. The fourth-order valence-electron chi connectivity index (χ4n) is 1.82. The van der Waals surface area contributed by atoms with Crippen LogP contribution in [-0.4, -0.2) is 28.7 Å². The van der Waals surface area contributed by atoms with Crippen LogP contribution in [0, 0.1) is 6.92 Å². The van der Waals surface area contributed by atoms with Crippen molar-refractivity contribution >= 4 is 5.91 Å². The van der Waals surface area contributed by atoms with Crippen LogP contribution in [0.1, 0.15) is 29.4 Å². The van der Waals surface area contributed by atoms with Crippen LogP contribution < -0.4 is 11.1 Å². The van der Waals surface area contributed by atoms with Crippen molar-refractivity contribution in [1.29, 1.82) is 0 Å². The summed E-state index contributed by atoms with van der Waals surface area (Å²) in [5, 5.41) is 9.75. The third-order valence-electron chi connectivity index (χ3n) is 3.06. The Morgan fingerprint density at radius 3 is 2.75 bits per heavy atom. The first-order valence-corrected chi connectivity index (χ1v) is 6.72. The van der Waals surface area contributed by atoms with Gasteiger partial charge in [-0.2, -0.15) is 5.10 Å². The molecule has 4 N–H and O–H groups in total. The highest BCUT2D eigenvalue weighted by molar-refractivity contribution is 5.93. The molecule has 1 atom stereocenters. The van der Waals surface area contributed by atoms with E-state index in [0.29, 0.717) is 12.2 Å². The molecule has 0 bridgehead atoms. The zero-order valence-electron chi connectivity index (χ0n) is 11.8. The molecule has 2 aromatic rings.